The number of Topliss-reactive ketones (excluding diaryl/α,β-unsaturated/α-hetero) is 1. The second-order valence-corrected chi connectivity index (χ2v) is 6.66. The summed E-state index contributed by atoms with van der Waals surface area (Å²) in [7, 11) is 0. The minimum absolute atomic E-state index is 0.0929. The van der Waals surface area contributed by atoms with Crippen molar-refractivity contribution in [1.29, 1.82) is 0 Å². The first kappa shape index (κ1) is 14.9. The molecule has 0 aliphatic rings. The maximum absolute atomic E-state index is 12.5. The summed E-state index contributed by atoms with van der Waals surface area (Å²) in [5.41, 5.74) is 4.62. The van der Waals surface area contributed by atoms with E-state index in [1.165, 1.54) is 17.3 Å². The van der Waals surface area contributed by atoms with Crippen LogP contribution in [-0.2, 0) is 0 Å². The fourth-order valence-corrected chi connectivity index (χ4v) is 3.07. The molecule has 0 aliphatic carbocycles. The zero-order chi connectivity index (χ0) is 15.7. The molecule has 0 aliphatic heterocycles. The van der Waals surface area contributed by atoms with Gasteiger partial charge in [-0.1, -0.05) is 36.0 Å². The van der Waals surface area contributed by atoms with Crippen molar-refractivity contribution in [2.24, 2.45) is 0 Å². The Morgan fingerprint density at radius 1 is 1.14 bits per heavy atom. The maximum atomic E-state index is 12.5. The minimum atomic E-state index is -0.241. The Morgan fingerprint density at radius 2 is 1.91 bits per heavy atom. The van der Waals surface area contributed by atoms with E-state index in [0.717, 1.165) is 22.2 Å². The zero-order valence-corrected chi connectivity index (χ0v) is 13.6. The number of ketones is 1. The number of rotatable bonds is 4. The van der Waals surface area contributed by atoms with E-state index in [4.69, 9.17) is 4.42 Å². The molecule has 112 valence electrons. The molecule has 0 N–H and O–H groups in total. The summed E-state index contributed by atoms with van der Waals surface area (Å²) in [5.74, 6) is 0.0929. The third kappa shape index (κ3) is 2.92. The number of aromatic nitrogens is 1. The van der Waals surface area contributed by atoms with Gasteiger partial charge in [0, 0.05) is 5.56 Å². The van der Waals surface area contributed by atoms with Crippen LogP contribution in [0.5, 0.6) is 0 Å². The molecular formula is C18H17NO2S. The highest BCUT2D eigenvalue weighted by Gasteiger charge is 2.19. The van der Waals surface area contributed by atoms with Gasteiger partial charge >= 0.3 is 0 Å². The summed E-state index contributed by atoms with van der Waals surface area (Å²) in [6.07, 6.45) is 0. The van der Waals surface area contributed by atoms with Crippen molar-refractivity contribution in [2.75, 3.05) is 0 Å². The van der Waals surface area contributed by atoms with Gasteiger partial charge in [-0.25, -0.2) is 4.98 Å². The second-order valence-electron chi connectivity index (χ2n) is 5.37. The van der Waals surface area contributed by atoms with Crippen LogP contribution in [0.3, 0.4) is 0 Å². The number of oxazole rings is 1. The molecule has 1 unspecified atom stereocenters. The number of nitrogens with zero attached hydrogens (tertiary/aromatic N) is 1. The average Bonchev–Trinajstić information content (AvgIpc) is 2.91. The predicted molar refractivity (Wildman–Crippen MR) is 89.6 cm³/mol. The van der Waals surface area contributed by atoms with Gasteiger partial charge in [0.1, 0.15) is 5.52 Å². The van der Waals surface area contributed by atoms with E-state index in [0.29, 0.717) is 5.22 Å². The van der Waals surface area contributed by atoms with Crippen LogP contribution in [0.2, 0.25) is 0 Å². The van der Waals surface area contributed by atoms with Crippen LogP contribution in [0.1, 0.15) is 28.4 Å². The molecule has 4 heteroatoms. The molecule has 0 saturated carbocycles. The highest BCUT2D eigenvalue weighted by molar-refractivity contribution is 8.00. The first-order valence-electron chi connectivity index (χ1n) is 7.18. The van der Waals surface area contributed by atoms with Crippen molar-refractivity contribution in [3.8, 4) is 0 Å². The van der Waals surface area contributed by atoms with Gasteiger partial charge in [-0.05, 0) is 50.1 Å². The fourth-order valence-electron chi connectivity index (χ4n) is 2.24. The first-order valence-corrected chi connectivity index (χ1v) is 8.06. The Kier molecular flexibility index (Phi) is 4.03. The highest BCUT2D eigenvalue weighted by Crippen LogP contribution is 2.28. The summed E-state index contributed by atoms with van der Waals surface area (Å²) in [6, 6.07) is 13.4. The van der Waals surface area contributed by atoms with Crippen molar-refractivity contribution in [3.05, 3.63) is 59.2 Å². The summed E-state index contributed by atoms with van der Waals surface area (Å²) in [6.45, 7) is 5.95. The smallest absolute Gasteiger partial charge is 0.257 e. The van der Waals surface area contributed by atoms with Gasteiger partial charge in [-0.15, -0.1) is 0 Å². The molecule has 1 aromatic heterocycles. The summed E-state index contributed by atoms with van der Waals surface area (Å²) in [4.78, 5) is 16.9. The molecule has 3 rings (SSSR count). The Labute approximate surface area is 133 Å². The Balaban J connectivity index is 1.79. The Bertz CT molecular complexity index is 805. The molecule has 22 heavy (non-hydrogen) atoms. The third-order valence-corrected chi connectivity index (χ3v) is 4.66. The minimum Gasteiger partial charge on any atom is -0.431 e. The largest absolute Gasteiger partial charge is 0.431 e. The van der Waals surface area contributed by atoms with Gasteiger partial charge in [-0.2, -0.15) is 0 Å². The molecule has 1 heterocycles. The molecule has 0 radical (unpaired) electrons. The number of aryl methyl sites for hydroxylation is 2. The molecule has 0 bridgehead atoms. The quantitative estimate of drug-likeness (QED) is 0.512. The van der Waals surface area contributed by atoms with Crippen LogP contribution >= 0.6 is 11.8 Å². The van der Waals surface area contributed by atoms with E-state index in [2.05, 4.69) is 4.98 Å². The van der Waals surface area contributed by atoms with Gasteiger partial charge in [-0.3, -0.25) is 4.79 Å². The molecular weight excluding hydrogens is 294 g/mol. The van der Waals surface area contributed by atoms with Crippen LogP contribution in [0.15, 0.2) is 52.1 Å². The Hall–Kier alpha value is -2.07. The van der Waals surface area contributed by atoms with Crippen LogP contribution in [0.25, 0.3) is 11.1 Å². The number of carbonyl (C=O) groups excluding carboxylic acids is 1. The number of hydrogen-bond acceptors (Lipinski definition) is 4. The maximum Gasteiger partial charge on any atom is 0.257 e. The first-order chi connectivity index (χ1) is 10.5. The van der Waals surface area contributed by atoms with Gasteiger partial charge in [0.2, 0.25) is 0 Å². The molecule has 3 nitrogen and oxygen atoms in total. The Morgan fingerprint density at radius 3 is 2.64 bits per heavy atom. The lowest BCUT2D eigenvalue weighted by Gasteiger charge is -2.09. The highest BCUT2D eigenvalue weighted by atomic mass is 32.2. The number of benzene rings is 2. The SMILES string of the molecule is Cc1ccc(C(=O)C(C)Sc2nc3ccccc3o2)cc1C. The molecule has 0 fully saturated rings. The van der Waals surface area contributed by atoms with E-state index < -0.39 is 0 Å². The standard InChI is InChI=1S/C18H17NO2S/c1-11-8-9-14(10-12(11)2)17(20)13(3)22-18-19-15-6-4-5-7-16(15)21-18/h4-10,13H,1-3H3. The van der Waals surface area contributed by atoms with Crippen molar-refractivity contribution in [1.82, 2.24) is 4.98 Å². The lowest BCUT2D eigenvalue weighted by molar-refractivity contribution is 0.0993. The van der Waals surface area contributed by atoms with E-state index >= 15 is 0 Å². The van der Waals surface area contributed by atoms with Crippen LogP contribution in [0, 0.1) is 13.8 Å². The van der Waals surface area contributed by atoms with E-state index in [9.17, 15) is 4.79 Å². The number of fused-ring (bicyclic) bond motifs is 1. The number of thioether (sulfide) groups is 1. The molecule has 1 atom stereocenters. The van der Waals surface area contributed by atoms with Gasteiger partial charge < -0.3 is 4.42 Å². The average molecular weight is 311 g/mol. The summed E-state index contributed by atoms with van der Waals surface area (Å²) >= 11 is 1.35. The predicted octanol–water partition coefficient (Wildman–Crippen LogP) is 4.81. The molecule has 3 aromatic rings. The second kappa shape index (κ2) is 5.97. The van der Waals surface area contributed by atoms with Crippen molar-refractivity contribution < 1.29 is 9.21 Å². The molecule has 0 amide bonds. The van der Waals surface area contributed by atoms with E-state index in [1.807, 2.05) is 63.2 Å². The number of carbonyl (C=O) groups is 1. The van der Waals surface area contributed by atoms with Gasteiger partial charge in [0.25, 0.3) is 5.22 Å². The fraction of sp³-hybridized carbons (Fsp3) is 0.222. The van der Waals surface area contributed by atoms with E-state index in [-0.39, 0.29) is 11.0 Å². The summed E-state index contributed by atoms with van der Waals surface area (Å²) in [5, 5.41) is 0.293. The van der Waals surface area contributed by atoms with Crippen LogP contribution < -0.4 is 0 Å². The molecule has 2 aromatic carbocycles. The van der Waals surface area contributed by atoms with Crippen molar-refractivity contribution >= 4 is 28.6 Å². The molecule has 0 spiro atoms. The molecule has 0 saturated heterocycles. The lowest BCUT2D eigenvalue weighted by atomic mass is 10.0. The lowest BCUT2D eigenvalue weighted by Crippen LogP contribution is -2.13. The number of para-hydroxylation sites is 2. The van der Waals surface area contributed by atoms with Gasteiger partial charge in [0.15, 0.2) is 11.4 Å². The monoisotopic (exact) mass is 311 g/mol. The summed E-state index contributed by atoms with van der Waals surface area (Å²) < 4.78 is 5.67. The van der Waals surface area contributed by atoms with E-state index in [1.54, 1.807) is 0 Å². The van der Waals surface area contributed by atoms with Crippen LogP contribution in [0.4, 0.5) is 0 Å². The van der Waals surface area contributed by atoms with Crippen molar-refractivity contribution in [3.63, 3.8) is 0 Å². The number of hydrogen-bond donors (Lipinski definition) is 0. The topological polar surface area (TPSA) is 43.1 Å². The van der Waals surface area contributed by atoms with Crippen LogP contribution in [-0.4, -0.2) is 16.0 Å². The third-order valence-electron chi connectivity index (χ3n) is 3.71. The normalized spacial score (nSPS) is 12.5. The van der Waals surface area contributed by atoms with Crippen molar-refractivity contribution in [2.45, 2.75) is 31.2 Å². The zero-order valence-electron chi connectivity index (χ0n) is 12.8. The van der Waals surface area contributed by atoms with Gasteiger partial charge in [0.05, 0.1) is 5.25 Å².